The predicted octanol–water partition coefficient (Wildman–Crippen LogP) is -1.63. The third-order valence-corrected chi connectivity index (χ3v) is 11.4. The first kappa shape index (κ1) is 40.9. The Labute approximate surface area is 212 Å². The summed E-state index contributed by atoms with van der Waals surface area (Å²) in [7, 11) is -20.6. The van der Waals surface area contributed by atoms with Crippen LogP contribution >= 0.6 is 76.8 Å². The Kier molecular flexibility index (Phi) is 26.0. The average molecular weight is 708 g/mol. The first-order valence-corrected chi connectivity index (χ1v) is 13.2. The van der Waals surface area contributed by atoms with E-state index >= 15 is 0 Å². The molecule has 0 fully saturated rings. The third kappa shape index (κ3) is 17.8. The molecule has 4 atom stereocenters. The summed E-state index contributed by atoms with van der Waals surface area (Å²) in [6.45, 7) is 0. The van der Waals surface area contributed by atoms with Gasteiger partial charge in [0.25, 0.3) is 0 Å². The smallest absolute Gasteiger partial charge is 0.809 e. The van der Waals surface area contributed by atoms with Crippen LogP contribution in [0.5, 0.6) is 0 Å². The van der Waals surface area contributed by atoms with Crippen molar-refractivity contribution in [2.75, 3.05) is 12.1 Å². The van der Waals surface area contributed by atoms with Gasteiger partial charge in [0, 0.05) is 0 Å². The van der Waals surface area contributed by atoms with Gasteiger partial charge >= 0.3 is 58.4 Å². The standard InChI is InChI=1S/2C2H6Cl2O6P2.3Zn/c2*3-1-10-12(8,9)2(4)11(5,6)7;;;/h2*2H,1H2,(H,8,9)(H2,5,6,7);;;/q;;3*+2/p-6. The quantitative estimate of drug-likeness (QED) is 0.158. The Morgan fingerprint density at radius 3 is 0.926 bits per heavy atom. The minimum atomic E-state index is -5.40. The van der Waals surface area contributed by atoms with E-state index in [0.29, 0.717) is 0 Å². The Balaban J connectivity index is -0.000000108. The van der Waals surface area contributed by atoms with Crippen LogP contribution in [-0.2, 0) is 85.7 Å². The molecule has 0 aromatic rings. The van der Waals surface area contributed by atoms with Gasteiger partial charge in [-0.1, -0.05) is 23.2 Å². The molecule has 0 amide bonds. The van der Waals surface area contributed by atoms with Crippen LogP contribution in [0.4, 0.5) is 0 Å². The van der Waals surface area contributed by atoms with E-state index in [1.54, 1.807) is 0 Å². The molecule has 12 nitrogen and oxygen atoms in total. The van der Waals surface area contributed by atoms with Crippen LogP contribution in [-0.4, -0.2) is 21.9 Å². The molecule has 0 radical (unpaired) electrons. The number of hydrogen-bond donors (Lipinski definition) is 0. The van der Waals surface area contributed by atoms with Gasteiger partial charge in [-0.3, -0.25) is 0 Å². The molecule has 0 aromatic heterocycles. The molecule has 0 aliphatic rings. The predicted molar refractivity (Wildman–Crippen MR) is 73.3 cm³/mol. The van der Waals surface area contributed by atoms with Crippen molar-refractivity contribution in [1.82, 2.24) is 0 Å². The summed E-state index contributed by atoms with van der Waals surface area (Å²) >= 11 is 19.2. The van der Waals surface area contributed by atoms with E-state index in [9.17, 15) is 47.6 Å². The van der Waals surface area contributed by atoms with Gasteiger partial charge in [0.2, 0.25) is 0 Å². The topological polar surface area (TPSA) is 225 Å². The minimum absolute atomic E-state index is 0. The maximum Gasteiger partial charge on any atom is 2.00 e. The Bertz CT molecular complexity index is 535. The molecule has 0 aliphatic carbocycles. The van der Waals surface area contributed by atoms with E-state index in [4.69, 9.17) is 46.4 Å². The van der Waals surface area contributed by atoms with Crippen molar-refractivity contribution >= 4 is 76.8 Å². The number of rotatable bonds is 8. The van der Waals surface area contributed by atoms with Gasteiger partial charge in [-0.05, 0) is 15.2 Å². The van der Waals surface area contributed by atoms with Gasteiger partial charge < -0.3 is 56.7 Å². The second-order valence-corrected chi connectivity index (χ2v) is 13.5. The minimum Gasteiger partial charge on any atom is -0.809 e. The van der Waals surface area contributed by atoms with Crippen LogP contribution in [0.3, 0.4) is 0 Å². The monoisotopic (exact) mass is 702 g/mol. The first-order chi connectivity index (χ1) is 10.4. The van der Waals surface area contributed by atoms with Crippen molar-refractivity contribution < 1.29 is 115 Å². The van der Waals surface area contributed by atoms with Gasteiger partial charge in [0.1, 0.15) is 21.9 Å². The van der Waals surface area contributed by atoms with Crippen LogP contribution in [0.15, 0.2) is 0 Å². The maximum absolute atomic E-state index is 10.6. The van der Waals surface area contributed by atoms with E-state index in [1.807, 2.05) is 0 Å². The summed E-state index contributed by atoms with van der Waals surface area (Å²) in [4.78, 5) is 56.4. The van der Waals surface area contributed by atoms with Crippen molar-refractivity contribution in [3.05, 3.63) is 0 Å². The van der Waals surface area contributed by atoms with Gasteiger partial charge in [0.15, 0.2) is 15.2 Å². The van der Waals surface area contributed by atoms with E-state index in [1.165, 1.54) is 0 Å². The fourth-order valence-corrected chi connectivity index (χ4v) is 5.45. The third-order valence-electron chi connectivity index (χ3n) is 1.50. The number of halogens is 4. The zero-order valence-electron chi connectivity index (χ0n) is 12.9. The maximum atomic E-state index is 10.6. The summed E-state index contributed by atoms with van der Waals surface area (Å²) in [6.07, 6.45) is 0. The van der Waals surface area contributed by atoms with Crippen molar-refractivity contribution in [1.29, 1.82) is 0 Å². The van der Waals surface area contributed by atoms with Crippen molar-refractivity contribution in [3.63, 3.8) is 0 Å². The summed E-state index contributed by atoms with van der Waals surface area (Å²) in [5.74, 6) is 0. The summed E-state index contributed by atoms with van der Waals surface area (Å²) in [6, 6.07) is -1.58. The molecule has 0 saturated heterocycles. The summed E-state index contributed by atoms with van der Waals surface area (Å²) < 4.78 is 48.9. The van der Waals surface area contributed by atoms with E-state index in [0.717, 1.165) is 0 Å². The molecule has 0 aliphatic heterocycles. The van der Waals surface area contributed by atoms with Crippen molar-refractivity contribution in [2.24, 2.45) is 0 Å². The molecule has 23 heteroatoms. The van der Waals surface area contributed by atoms with E-state index in [2.05, 4.69) is 9.05 Å². The fraction of sp³-hybridized carbons (Fsp3) is 1.00. The Morgan fingerprint density at radius 2 is 0.815 bits per heavy atom. The molecular formula is C4H6Cl4O12P4Zn3. The SMILES string of the molecule is O=P([O-])([O-])C(Cl)P(=O)([O-])OCCl.O=P([O-])([O-])C(Cl)P(=O)([O-])OCCl.[Zn+2].[Zn+2].[Zn+2]. The molecule has 4 unspecified atom stereocenters. The van der Waals surface area contributed by atoms with Crippen LogP contribution in [0.2, 0.25) is 0 Å². The second kappa shape index (κ2) is 17.2. The molecular weight excluding hydrogens is 702 g/mol. The zero-order chi connectivity index (χ0) is 20.0. The molecule has 0 bridgehead atoms. The molecule has 0 N–H and O–H groups in total. The van der Waals surface area contributed by atoms with Crippen LogP contribution in [0.1, 0.15) is 0 Å². The summed E-state index contributed by atoms with van der Waals surface area (Å²) in [5, 5.41) is 0. The van der Waals surface area contributed by atoms with Gasteiger partial charge in [-0.15, -0.1) is 23.2 Å². The van der Waals surface area contributed by atoms with E-state index in [-0.39, 0.29) is 58.4 Å². The van der Waals surface area contributed by atoms with Gasteiger partial charge in [-0.25, -0.2) is 0 Å². The molecule has 0 saturated carbocycles. The van der Waals surface area contributed by atoms with Crippen LogP contribution in [0, 0.1) is 0 Å². The fourth-order valence-electron chi connectivity index (χ4n) is 0.605. The zero-order valence-corrected chi connectivity index (χ0v) is 28.4. The molecule has 27 heavy (non-hydrogen) atoms. The van der Waals surface area contributed by atoms with E-state index < -0.39 is 52.2 Å². The molecule has 0 heterocycles. The number of alkyl halides is 4. The molecule has 0 rings (SSSR count). The number of hydrogen-bond acceptors (Lipinski definition) is 12. The first-order valence-electron chi connectivity index (χ1n) is 4.77. The average Bonchev–Trinajstić information content (AvgIpc) is 2.35. The van der Waals surface area contributed by atoms with Crippen molar-refractivity contribution in [2.45, 2.75) is 9.72 Å². The normalized spacial score (nSPS) is 17.9. The molecule has 0 aromatic carbocycles. The summed E-state index contributed by atoms with van der Waals surface area (Å²) in [5.41, 5.74) is 0. The molecule has 0 spiro atoms. The Morgan fingerprint density at radius 1 is 0.630 bits per heavy atom. The van der Waals surface area contributed by atoms with Crippen LogP contribution in [0.25, 0.3) is 0 Å². The molecule has 148 valence electrons. The largest absolute Gasteiger partial charge is 2.00 e. The Hall–Kier alpha value is 3.63. The van der Waals surface area contributed by atoms with Crippen molar-refractivity contribution in [3.8, 4) is 0 Å². The van der Waals surface area contributed by atoms with Gasteiger partial charge in [0.05, 0.1) is 0 Å². The second-order valence-electron chi connectivity index (χ2n) is 3.26. The van der Waals surface area contributed by atoms with Gasteiger partial charge in [-0.2, -0.15) is 0 Å². The van der Waals surface area contributed by atoms with Crippen LogP contribution < -0.4 is 29.4 Å².